The predicted molar refractivity (Wildman–Crippen MR) is 65.6 cm³/mol. The van der Waals surface area contributed by atoms with E-state index in [1.807, 2.05) is 38.1 Å². The van der Waals surface area contributed by atoms with Gasteiger partial charge in [-0.05, 0) is 44.9 Å². The first-order chi connectivity index (χ1) is 7.59. The highest BCUT2D eigenvalue weighted by atomic mass is 16.5. The van der Waals surface area contributed by atoms with Crippen molar-refractivity contribution in [3.8, 4) is 5.75 Å². The molecule has 0 fully saturated rings. The van der Waals surface area contributed by atoms with Gasteiger partial charge in [0.25, 0.3) is 0 Å². The summed E-state index contributed by atoms with van der Waals surface area (Å²) < 4.78 is 5.79. The Morgan fingerprint density at radius 1 is 1.31 bits per heavy atom. The number of aliphatic hydroxyl groups is 1. The van der Waals surface area contributed by atoms with E-state index in [0.29, 0.717) is 6.54 Å². The second-order valence-electron chi connectivity index (χ2n) is 4.52. The molecule has 0 unspecified atom stereocenters. The summed E-state index contributed by atoms with van der Waals surface area (Å²) in [4.78, 5) is 0. The molecule has 0 aliphatic rings. The monoisotopic (exact) mass is 223 g/mol. The predicted octanol–water partition coefficient (Wildman–Crippen LogP) is 1.73. The molecule has 0 heterocycles. The van der Waals surface area contributed by atoms with Crippen LogP contribution in [0.15, 0.2) is 24.3 Å². The number of rotatable bonds is 6. The van der Waals surface area contributed by atoms with Crippen LogP contribution in [0.25, 0.3) is 0 Å². The van der Waals surface area contributed by atoms with E-state index in [2.05, 4.69) is 0 Å². The summed E-state index contributed by atoms with van der Waals surface area (Å²) in [7, 11) is 0. The smallest absolute Gasteiger partial charge is 0.126 e. The molecule has 1 aromatic rings. The van der Waals surface area contributed by atoms with Crippen LogP contribution in [0.5, 0.6) is 5.75 Å². The van der Waals surface area contributed by atoms with E-state index in [0.717, 1.165) is 24.2 Å². The van der Waals surface area contributed by atoms with Crippen molar-refractivity contribution < 1.29 is 9.84 Å². The summed E-state index contributed by atoms with van der Waals surface area (Å²) in [5.41, 5.74) is 6.10. The van der Waals surface area contributed by atoms with E-state index < -0.39 is 5.60 Å². The molecule has 1 aromatic carbocycles. The van der Waals surface area contributed by atoms with Crippen LogP contribution in [0.1, 0.15) is 25.8 Å². The maximum Gasteiger partial charge on any atom is 0.126 e. The lowest BCUT2D eigenvalue weighted by molar-refractivity contribution is 0.0404. The molecule has 0 bridgehead atoms. The zero-order valence-corrected chi connectivity index (χ0v) is 10.1. The van der Waals surface area contributed by atoms with Crippen molar-refractivity contribution in [3.63, 3.8) is 0 Å². The van der Waals surface area contributed by atoms with E-state index in [-0.39, 0.29) is 6.61 Å². The van der Waals surface area contributed by atoms with Gasteiger partial charge in [-0.25, -0.2) is 0 Å². The molecule has 16 heavy (non-hydrogen) atoms. The van der Waals surface area contributed by atoms with Gasteiger partial charge in [-0.1, -0.05) is 18.2 Å². The molecule has 3 nitrogen and oxygen atoms in total. The third-order valence-electron chi connectivity index (χ3n) is 2.39. The molecule has 0 aromatic heterocycles. The fraction of sp³-hybridized carbons (Fsp3) is 0.538. The summed E-state index contributed by atoms with van der Waals surface area (Å²) in [5.74, 6) is 0.843. The molecule has 0 aliphatic heterocycles. The molecule has 0 spiro atoms. The number of ether oxygens (including phenoxy) is 1. The third-order valence-corrected chi connectivity index (χ3v) is 2.39. The minimum atomic E-state index is -0.543. The molecule has 0 amide bonds. The fourth-order valence-electron chi connectivity index (χ4n) is 1.43. The number of aryl methyl sites for hydroxylation is 1. The van der Waals surface area contributed by atoms with Crippen molar-refractivity contribution in [2.24, 2.45) is 5.73 Å². The van der Waals surface area contributed by atoms with Gasteiger partial charge in [0.05, 0.1) is 6.61 Å². The Kier molecular flexibility index (Phi) is 4.77. The van der Waals surface area contributed by atoms with Crippen molar-refractivity contribution in [1.29, 1.82) is 0 Å². The molecular formula is C13H21NO2. The summed E-state index contributed by atoms with van der Waals surface area (Å²) in [6.45, 7) is 4.41. The minimum absolute atomic E-state index is 0.00176. The maximum atomic E-state index is 9.18. The van der Waals surface area contributed by atoms with Gasteiger partial charge in [-0.3, -0.25) is 0 Å². The molecule has 90 valence electrons. The largest absolute Gasteiger partial charge is 0.485 e. The Morgan fingerprint density at radius 2 is 2.00 bits per heavy atom. The van der Waals surface area contributed by atoms with Crippen molar-refractivity contribution >= 4 is 0 Å². The summed E-state index contributed by atoms with van der Waals surface area (Å²) >= 11 is 0. The zero-order chi connectivity index (χ0) is 12.0. The van der Waals surface area contributed by atoms with Crippen LogP contribution in [0.4, 0.5) is 0 Å². The van der Waals surface area contributed by atoms with Crippen molar-refractivity contribution in [2.45, 2.75) is 32.3 Å². The topological polar surface area (TPSA) is 55.5 Å². The molecule has 0 atom stereocenters. The van der Waals surface area contributed by atoms with Crippen LogP contribution in [-0.2, 0) is 6.42 Å². The fourth-order valence-corrected chi connectivity index (χ4v) is 1.43. The molecule has 3 N–H and O–H groups in total. The first-order valence-corrected chi connectivity index (χ1v) is 5.67. The van der Waals surface area contributed by atoms with Gasteiger partial charge in [-0.2, -0.15) is 0 Å². The average Bonchev–Trinajstić information content (AvgIpc) is 2.27. The van der Waals surface area contributed by atoms with E-state index >= 15 is 0 Å². The van der Waals surface area contributed by atoms with Crippen LogP contribution in [0, 0.1) is 0 Å². The lowest BCUT2D eigenvalue weighted by Gasteiger charge is -2.25. The average molecular weight is 223 g/mol. The zero-order valence-electron chi connectivity index (χ0n) is 10.1. The Hall–Kier alpha value is -1.06. The summed E-state index contributed by atoms with van der Waals surface area (Å²) in [6, 6.07) is 7.90. The minimum Gasteiger partial charge on any atom is -0.485 e. The second-order valence-corrected chi connectivity index (χ2v) is 4.52. The highest BCUT2D eigenvalue weighted by Gasteiger charge is 2.19. The van der Waals surface area contributed by atoms with E-state index in [9.17, 15) is 5.11 Å². The second kappa shape index (κ2) is 5.87. The van der Waals surface area contributed by atoms with Crippen LogP contribution in [0.3, 0.4) is 0 Å². The highest BCUT2D eigenvalue weighted by Crippen LogP contribution is 2.23. The van der Waals surface area contributed by atoms with Crippen LogP contribution >= 0.6 is 0 Å². The van der Waals surface area contributed by atoms with E-state index in [1.54, 1.807) is 0 Å². The molecular weight excluding hydrogens is 202 g/mol. The van der Waals surface area contributed by atoms with Crippen molar-refractivity contribution in [1.82, 2.24) is 0 Å². The van der Waals surface area contributed by atoms with Gasteiger partial charge in [0.15, 0.2) is 0 Å². The number of benzene rings is 1. The molecule has 1 rings (SSSR count). The maximum absolute atomic E-state index is 9.18. The Bertz CT molecular complexity index is 323. The van der Waals surface area contributed by atoms with Gasteiger partial charge in [0.2, 0.25) is 0 Å². The first-order valence-electron chi connectivity index (χ1n) is 5.67. The number of nitrogens with two attached hydrogens (primary N) is 1. The quantitative estimate of drug-likeness (QED) is 0.772. The van der Waals surface area contributed by atoms with Crippen LogP contribution < -0.4 is 10.5 Å². The number of hydrogen-bond donors (Lipinski definition) is 2. The Balaban J connectivity index is 2.78. The van der Waals surface area contributed by atoms with Crippen molar-refractivity contribution in [3.05, 3.63) is 29.8 Å². The summed E-state index contributed by atoms with van der Waals surface area (Å²) in [5, 5.41) is 9.18. The lowest BCUT2D eigenvalue weighted by Crippen LogP contribution is -2.32. The Morgan fingerprint density at radius 3 is 2.62 bits per heavy atom. The highest BCUT2D eigenvalue weighted by molar-refractivity contribution is 5.33. The third kappa shape index (κ3) is 3.83. The number of hydrogen-bond acceptors (Lipinski definition) is 3. The standard InChI is InChI=1S/C13H21NO2/c1-13(2,10-15)16-12-8-4-3-6-11(12)7-5-9-14/h3-4,6,8,15H,5,7,9-10,14H2,1-2H3. The van der Waals surface area contributed by atoms with Crippen LogP contribution in [-0.4, -0.2) is 23.9 Å². The van der Waals surface area contributed by atoms with Gasteiger partial charge in [0.1, 0.15) is 11.4 Å². The lowest BCUT2D eigenvalue weighted by atomic mass is 10.1. The molecule has 3 heteroatoms. The van der Waals surface area contributed by atoms with Crippen LogP contribution in [0.2, 0.25) is 0 Å². The Labute approximate surface area is 97.2 Å². The van der Waals surface area contributed by atoms with Gasteiger partial charge in [-0.15, -0.1) is 0 Å². The summed E-state index contributed by atoms with van der Waals surface area (Å²) in [6.07, 6.45) is 1.86. The van der Waals surface area contributed by atoms with E-state index in [4.69, 9.17) is 10.5 Å². The SMILES string of the molecule is CC(C)(CO)Oc1ccccc1CCCN. The van der Waals surface area contributed by atoms with Gasteiger partial charge >= 0.3 is 0 Å². The number of para-hydroxylation sites is 1. The van der Waals surface area contributed by atoms with Gasteiger partial charge < -0.3 is 15.6 Å². The molecule has 0 radical (unpaired) electrons. The molecule has 0 aliphatic carbocycles. The normalized spacial score (nSPS) is 11.5. The van der Waals surface area contributed by atoms with Gasteiger partial charge in [0, 0.05) is 0 Å². The molecule has 0 saturated carbocycles. The molecule has 0 saturated heterocycles. The first kappa shape index (κ1) is 13.0. The van der Waals surface area contributed by atoms with E-state index in [1.165, 1.54) is 0 Å². The van der Waals surface area contributed by atoms with Crippen molar-refractivity contribution in [2.75, 3.05) is 13.2 Å². The number of aliphatic hydroxyl groups excluding tert-OH is 1.